The SMILES string of the molecule is CCCC1=NN(C(=O)c2ccccc2F)[C@](O)(C(F)(F)F)C1. The molecule has 1 N–H and O–H groups in total. The van der Waals surface area contributed by atoms with Gasteiger partial charge in [-0.15, -0.1) is 0 Å². The van der Waals surface area contributed by atoms with Crippen LogP contribution < -0.4 is 0 Å². The van der Waals surface area contributed by atoms with Gasteiger partial charge in [-0.25, -0.2) is 4.39 Å². The second-order valence-corrected chi connectivity index (χ2v) is 5.00. The molecule has 1 amide bonds. The van der Waals surface area contributed by atoms with Crippen molar-refractivity contribution in [1.82, 2.24) is 5.01 Å². The fourth-order valence-electron chi connectivity index (χ4n) is 2.23. The molecule has 1 atom stereocenters. The number of rotatable bonds is 3. The molecule has 0 saturated carbocycles. The smallest absolute Gasteiger partial charge is 0.362 e. The normalized spacial score (nSPS) is 21.9. The molecule has 0 radical (unpaired) electrons. The highest BCUT2D eigenvalue weighted by molar-refractivity contribution is 5.98. The van der Waals surface area contributed by atoms with Gasteiger partial charge in [0.05, 0.1) is 5.56 Å². The fraction of sp³-hybridized carbons (Fsp3) is 0.429. The Labute approximate surface area is 124 Å². The van der Waals surface area contributed by atoms with E-state index in [1.54, 1.807) is 6.92 Å². The van der Waals surface area contributed by atoms with E-state index >= 15 is 0 Å². The maximum atomic E-state index is 13.6. The van der Waals surface area contributed by atoms with Crippen molar-refractivity contribution in [3.05, 3.63) is 35.6 Å². The molecule has 1 aromatic rings. The van der Waals surface area contributed by atoms with Crippen LogP contribution in [0.3, 0.4) is 0 Å². The third-order valence-corrected chi connectivity index (χ3v) is 3.33. The molecular formula is C14H14F4N2O2. The van der Waals surface area contributed by atoms with Crippen LogP contribution in [0.4, 0.5) is 17.6 Å². The number of hydrogen-bond donors (Lipinski definition) is 1. The van der Waals surface area contributed by atoms with Gasteiger partial charge < -0.3 is 5.11 Å². The monoisotopic (exact) mass is 318 g/mol. The molecule has 22 heavy (non-hydrogen) atoms. The lowest BCUT2D eigenvalue weighted by Crippen LogP contribution is -2.56. The van der Waals surface area contributed by atoms with Crippen LogP contribution in [0.2, 0.25) is 0 Å². The summed E-state index contributed by atoms with van der Waals surface area (Å²) in [5.74, 6) is -2.31. The summed E-state index contributed by atoms with van der Waals surface area (Å²) in [6.45, 7) is 1.73. The van der Waals surface area contributed by atoms with Gasteiger partial charge in [0.25, 0.3) is 11.6 Å². The highest BCUT2D eigenvalue weighted by Crippen LogP contribution is 2.41. The van der Waals surface area contributed by atoms with E-state index in [2.05, 4.69) is 5.10 Å². The Morgan fingerprint density at radius 2 is 2.05 bits per heavy atom. The number of hydrogen-bond acceptors (Lipinski definition) is 3. The predicted octanol–water partition coefficient (Wildman–Crippen LogP) is 3.08. The minimum absolute atomic E-state index is 0.0482. The zero-order valence-electron chi connectivity index (χ0n) is 11.7. The standard InChI is InChI=1S/C14H14F4N2O2/c1-2-5-9-8-13(22,14(16,17)18)20(19-9)12(21)10-6-3-4-7-11(10)15/h3-4,6-7,22H,2,5,8H2,1H3/t13-/m1/s1. The summed E-state index contributed by atoms with van der Waals surface area (Å²) in [6, 6.07) is 4.61. The van der Waals surface area contributed by atoms with Gasteiger partial charge in [-0.05, 0) is 18.6 Å². The molecule has 4 nitrogen and oxygen atoms in total. The number of benzene rings is 1. The van der Waals surface area contributed by atoms with E-state index in [-0.39, 0.29) is 17.1 Å². The van der Waals surface area contributed by atoms with Crippen molar-refractivity contribution < 1.29 is 27.5 Å². The number of carbonyl (C=O) groups is 1. The number of carbonyl (C=O) groups excluding carboxylic acids is 1. The lowest BCUT2D eigenvalue weighted by Gasteiger charge is -2.32. The topological polar surface area (TPSA) is 52.9 Å². The van der Waals surface area contributed by atoms with Crippen molar-refractivity contribution in [1.29, 1.82) is 0 Å². The summed E-state index contributed by atoms with van der Waals surface area (Å²) in [7, 11) is 0. The first-order chi connectivity index (χ1) is 10.2. The van der Waals surface area contributed by atoms with E-state index in [9.17, 15) is 27.5 Å². The highest BCUT2D eigenvalue weighted by Gasteiger charge is 2.63. The van der Waals surface area contributed by atoms with Crippen molar-refractivity contribution in [2.45, 2.75) is 38.1 Å². The summed E-state index contributed by atoms with van der Waals surface area (Å²) < 4.78 is 53.2. The van der Waals surface area contributed by atoms with E-state index in [0.29, 0.717) is 6.42 Å². The van der Waals surface area contributed by atoms with Crippen LogP contribution in [0.15, 0.2) is 29.4 Å². The quantitative estimate of drug-likeness (QED) is 0.871. The largest absolute Gasteiger partial charge is 0.438 e. The maximum absolute atomic E-state index is 13.6. The minimum atomic E-state index is -5.10. The lowest BCUT2D eigenvalue weighted by molar-refractivity contribution is -0.297. The van der Waals surface area contributed by atoms with Crippen molar-refractivity contribution >= 4 is 11.6 Å². The molecule has 0 unspecified atom stereocenters. The molecule has 1 aliphatic rings. The zero-order chi connectivity index (χ0) is 16.5. The van der Waals surface area contributed by atoms with Gasteiger partial charge in [0, 0.05) is 12.1 Å². The summed E-state index contributed by atoms with van der Waals surface area (Å²) in [6.07, 6.45) is -5.22. The van der Waals surface area contributed by atoms with E-state index in [1.807, 2.05) is 0 Å². The summed E-state index contributed by atoms with van der Waals surface area (Å²) in [5.41, 5.74) is -3.98. The van der Waals surface area contributed by atoms with Crippen LogP contribution in [0.25, 0.3) is 0 Å². The predicted molar refractivity (Wildman–Crippen MR) is 70.5 cm³/mol. The van der Waals surface area contributed by atoms with E-state index < -0.39 is 35.6 Å². The van der Waals surface area contributed by atoms with E-state index in [1.165, 1.54) is 12.1 Å². The molecule has 0 aromatic heterocycles. The Kier molecular flexibility index (Phi) is 4.23. The average Bonchev–Trinajstić information content (AvgIpc) is 2.77. The summed E-state index contributed by atoms with van der Waals surface area (Å²) >= 11 is 0. The van der Waals surface area contributed by atoms with Gasteiger partial charge in [-0.1, -0.05) is 25.5 Å². The highest BCUT2D eigenvalue weighted by atomic mass is 19.4. The Bertz CT molecular complexity index is 615. The first-order valence-corrected chi connectivity index (χ1v) is 6.65. The molecule has 1 heterocycles. The Morgan fingerprint density at radius 3 is 2.59 bits per heavy atom. The van der Waals surface area contributed by atoms with Crippen molar-refractivity contribution in [2.24, 2.45) is 5.10 Å². The second-order valence-electron chi connectivity index (χ2n) is 5.00. The van der Waals surface area contributed by atoms with Gasteiger partial charge in [-0.2, -0.15) is 23.3 Å². The van der Waals surface area contributed by atoms with Crippen molar-refractivity contribution in [2.75, 3.05) is 0 Å². The number of halogens is 4. The third kappa shape index (κ3) is 2.70. The van der Waals surface area contributed by atoms with Crippen LogP contribution in [0.5, 0.6) is 0 Å². The van der Waals surface area contributed by atoms with Gasteiger partial charge >= 0.3 is 6.18 Å². The summed E-state index contributed by atoms with van der Waals surface area (Å²) in [4.78, 5) is 12.2. The Hall–Kier alpha value is -1.96. The number of amides is 1. The molecule has 1 aromatic carbocycles. The third-order valence-electron chi connectivity index (χ3n) is 3.33. The van der Waals surface area contributed by atoms with Crippen LogP contribution in [0, 0.1) is 5.82 Å². The average molecular weight is 318 g/mol. The van der Waals surface area contributed by atoms with Crippen LogP contribution in [-0.4, -0.2) is 33.6 Å². The van der Waals surface area contributed by atoms with Gasteiger partial charge in [0.15, 0.2) is 0 Å². The Balaban J connectivity index is 2.44. The van der Waals surface area contributed by atoms with Crippen molar-refractivity contribution in [3.63, 3.8) is 0 Å². The maximum Gasteiger partial charge on any atom is 0.438 e. The molecule has 0 saturated heterocycles. The minimum Gasteiger partial charge on any atom is -0.362 e. The number of alkyl halides is 3. The molecule has 2 rings (SSSR count). The first kappa shape index (κ1) is 16.4. The van der Waals surface area contributed by atoms with Gasteiger partial charge in [0.1, 0.15) is 5.82 Å². The second kappa shape index (κ2) is 5.68. The number of nitrogens with zero attached hydrogens (tertiary/aromatic N) is 2. The molecule has 0 aliphatic carbocycles. The molecule has 1 aliphatic heterocycles. The molecule has 0 spiro atoms. The fourth-order valence-corrected chi connectivity index (χ4v) is 2.23. The van der Waals surface area contributed by atoms with Crippen LogP contribution >= 0.6 is 0 Å². The number of hydrazone groups is 1. The molecular weight excluding hydrogens is 304 g/mol. The molecule has 8 heteroatoms. The Morgan fingerprint density at radius 1 is 1.41 bits per heavy atom. The molecule has 0 fully saturated rings. The van der Waals surface area contributed by atoms with Crippen LogP contribution in [-0.2, 0) is 0 Å². The van der Waals surface area contributed by atoms with E-state index in [0.717, 1.165) is 12.1 Å². The summed E-state index contributed by atoms with van der Waals surface area (Å²) in [5, 5.41) is 13.5. The number of aliphatic hydroxyl groups is 1. The molecule has 120 valence electrons. The van der Waals surface area contributed by atoms with Gasteiger partial charge in [0.2, 0.25) is 0 Å². The van der Waals surface area contributed by atoms with Crippen molar-refractivity contribution in [3.8, 4) is 0 Å². The van der Waals surface area contributed by atoms with E-state index in [4.69, 9.17) is 0 Å². The molecule has 0 bridgehead atoms. The van der Waals surface area contributed by atoms with Gasteiger partial charge in [-0.3, -0.25) is 4.79 Å². The first-order valence-electron chi connectivity index (χ1n) is 6.65. The zero-order valence-corrected chi connectivity index (χ0v) is 11.7. The van der Waals surface area contributed by atoms with Crippen LogP contribution in [0.1, 0.15) is 36.5 Å². The lowest BCUT2D eigenvalue weighted by atomic mass is 10.0.